The summed E-state index contributed by atoms with van der Waals surface area (Å²) >= 11 is 0. The molecule has 0 radical (unpaired) electrons. The van der Waals surface area contributed by atoms with Crippen molar-refractivity contribution in [2.75, 3.05) is 40.4 Å². The Labute approximate surface area is 172 Å². The summed E-state index contributed by atoms with van der Waals surface area (Å²) in [5, 5.41) is 10.6. The number of methoxy groups -OCH3 is 2. The second-order valence-electron chi connectivity index (χ2n) is 7.88. The lowest BCUT2D eigenvalue weighted by Crippen LogP contribution is -2.45. The summed E-state index contributed by atoms with van der Waals surface area (Å²) in [5.74, 6) is 0.864. The summed E-state index contributed by atoms with van der Waals surface area (Å²) in [6.45, 7) is 2.01. The highest BCUT2D eigenvalue weighted by Crippen LogP contribution is 2.28. The molecule has 7 nitrogen and oxygen atoms in total. The van der Waals surface area contributed by atoms with E-state index in [1.165, 1.54) is 13.5 Å². The van der Waals surface area contributed by atoms with E-state index in [0.717, 1.165) is 25.7 Å². The lowest BCUT2D eigenvalue weighted by Gasteiger charge is -2.30. The SMILES string of the molecule is COc1ccc(C(=O)N2CCCN(C(=O)[C@H](O)C3CCCCC3)CC2)c(OC)c1. The zero-order valence-corrected chi connectivity index (χ0v) is 17.4. The molecule has 0 bridgehead atoms. The number of aliphatic hydroxyl groups excluding tert-OH is 1. The van der Waals surface area contributed by atoms with Gasteiger partial charge in [0.05, 0.1) is 19.8 Å². The molecule has 0 unspecified atom stereocenters. The maximum absolute atomic E-state index is 13.0. The molecule has 0 aromatic heterocycles. The minimum absolute atomic E-state index is 0.0702. The number of aliphatic hydroxyl groups is 1. The molecule has 2 fully saturated rings. The molecule has 160 valence electrons. The van der Waals surface area contributed by atoms with Gasteiger partial charge in [-0.1, -0.05) is 19.3 Å². The summed E-state index contributed by atoms with van der Waals surface area (Å²) in [4.78, 5) is 29.3. The lowest BCUT2D eigenvalue weighted by molar-refractivity contribution is -0.143. The molecule has 29 heavy (non-hydrogen) atoms. The normalized spacial score (nSPS) is 19.4. The van der Waals surface area contributed by atoms with Gasteiger partial charge in [-0.25, -0.2) is 0 Å². The van der Waals surface area contributed by atoms with Crippen LogP contribution >= 0.6 is 0 Å². The van der Waals surface area contributed by atoms with Crippen LogP contribution in [0, 0.1) is 5.92 Å². The van der Waals surface area contributed by atoms with Crippen molar-refractivity contribution in [3.63, 3.8) is 0 Å². The zero-order valence-electron chi connectivity index (χ0n) is 17.4. The third-order valence-corrected chi connectivity index (χ3v) is 6.08. The van der Waals surface area contributed by atoms with Crippen molar-refractivity contribution in [3.8, 4) is 11.5 Å². The van der Waals surface area contributed by atoms with Crippen LogP contribution in [0.5, 0.6) is 11.5 Å². The molecule has 1 aliphatic carbocycles. The molecule has 1 aliphatic heterocycles. The van der Waals surface area contributed by atoms with E-state index in [1.807, 2.05) is 0 Å². The van der Waals surface area contributed by atoms with Gasteiger partial charge in [-0.05, 0) is 37.3 Å². The number of hydrogen-bond acceptors (Lipinski definition) is 5. The van der Waals surface area contributed by atoms with Crippen molar-refractivity contribution >= 4 is 11.8 Å². The first-order valence-corrected chi connectivity index (χ1v) is 10.5. The highest BCUT2D eigenvalue weighted by Gasteiger charge is 2.32. The number of ether oxygens (including phenoxy) is 2. The van der Waals surface area contributed by atoms with E-state index in [9.17, 15) is 14.7 Å². The molecule has 3 rings (SSSR count). The smallest absolute Gasteiger partial charge is 0.257 e. The van der Waals surface area contributed by atoms with Gasteiger partial charge in [-0.15, -0.1) is 0 Å². The predicted octanol–water partition coefficient (Wildman–Crippen LogP) is 2.32. The Balaban J connectivity index is 1.63. The van der Waals surface area contributed by atoms with Gasteiger partial charge >= 0.3 is 0 Å². The minimum atomic E-state index is -0.917. The minimum Gasteiger partial charge on any atom is -0.497 e. The fourth-order valence-electron chi connectivity index (χ4n) is 4.33. The van der Waals surface area contributed by atoms with Gasteiger partial charge in [0.1, 0.15) is 17.6 Å². The Hall–Kier alpha value is -2.28. The summed E-state index contributed by atoms with van der Waals surface area (Å²) in [6, 6.07) is 5.14. The fourth-order valence-corrected chi connectivity index (χ4v) is 4.33. The summed E-state index contributed by atoms with van der Waals surface area (Å²) in [7, 11) is 3.10. The molecular formula is C22H32N2O5. The van der Waals surface area contributed by atoms with E-state index in [2.05, 4.69) is 0 Å². The Morgan fingerprint density at radius 2 is 1.66 bits per heavy atom. The molecule has 1 saturated carbocycles. The first kappa shape index (κ1) is 21.4. The van der Waals surface area contributed by atoms with Crippen LogP contribution in [-0.2, 0) is 4.79 Å². The fraction of sp³-hybridized carbons (Fsp3) is 0.636. The number of carbonyl (C=O) groups is 2. The summed E-state index contributed by atoms with van der Waals surface area (Å²) in [5.41, 5.74) is 0.482. The van der Waals surface area contributed by atoms with Gasteiger partial charge in [-0.3, -0.25) is 9.59 Å². The monoisotopic (exact) mass is 404 g/mol. The predicted molar refractivity (Wildman–Crippen MR) is 109 cm³/mol. The van der Waals surface area contributed by atoms with Crippen LogP contribution in [0.15, 0.2) is 18.2 Å². The Bertz CT molecular complexity index is 717. The third kappa shape index (κ3) is 5.01. The summed E-state index contributed by atoms with van der Waals surface area (Å²) in [6.07, 6.45) is 4.97. The van der Waals surface area contributed by atoms with Gasteiger partial charge in [0, 0.05) is 32.2 Å². The van der Waals surface area contributed by atoms with Gasteiger partial charge < -0.3 is 24.4 Å². The van der Waals surface area contributed by atoms with Crippen LogP contribution in [0.3, 0.4) is 0 Å². The molecule has 2 aliphatic rings. The van der Waals surface area contributed by atoms with E-state index in [-0.39, 0.29) is 17.7 Å². The van der Waals surface area contributed by atoms with Crippen LogP contribution in [-0.4, -0.2) is 73.2 Å². The number of benzene rings is 1. The molecular weight excluding hydrogens is 372 g/mol. The third-order valence-electron chi connectivity index (χ3n) is 6.08. The first-order chi connectivity index (χ1) is 14.0. The number of hydrogen-bond donors (Lipinski definition) is 1. The second kappa shape index (κ2) is 9.96. The quantitative estimate of drug-likeness (QED) is 0.815. The van der Waals surface area contributed by atoms with Crippen LogP contribution in [0.1, 0.15) is 48.9 Å². The maximum Gasteiger partial charge on any atom is 0.257 e. The molecule has 1 aromatic rings. The van der Waals surface area contributed by atoms with Crippen molar-refractivity contribution in [3.05, 3.63) is 23.8 Å². The Kier molecular flexibility index (Phi) is 7.36. The van der Waals surface area contributed by atoms with Gasteiger partial charge in [0.25, 0.3) is 11.8 Å². The molecule has 1 atom stereocenters. The van der Waals surface area contributed by atoms with E-state index in [1.54, 1.807) is 35.1 Å². The van der Waals surface area contributed by atoms with E-state index in [0.29, 0.717) is 49.7 Å². The highest BCUT2D eigenvalue weighted by atomic mass is 16.5. The second-order valence-corrected chi connectivity index (χ2v) is 7.88. The molecule has 1 heterocycles. The van der Waals surface area contributed by atoms with Crippen molar-refractivity contribution in [2.24, 2.45) is 5.92 Å². The first-order valence-electron chi connectivity index (χ1n) is 10.5. The standard InChI is InChI=1S/C22H32N2O5/c1-28-17-9-10-18(19(15-17)29-2)21(26)23-11-6-12-24(14-13-23)22(27)20(25)16-7-4-3-5-8-16/h9-10,15-16,20,25H,3-8,11-14H2,1-2H3/t20-/m1/s1. The van der Waals surface area contributed by atoms with Crippen LogP contribution in [0.25, 0.3) is 0 Å². The lowest BCUT2D eigenvalue weighted by atomic mass is 9.85. The summed E-state index contributed by atoms with van der Waals surface area (Å²) < 4.78 is 10.6. The average Bonchev–Trinajstić information content (AvgIpc) is 3.04. The van der Waals surface area contributed by atoms with Crippen molar-refractivity contribution in [1.29, 1.82) is 0 Å². The van der Waals surface area contributed by atoms with E-state index >= 15 is 0 Å². The van der Waals surface area contributed by atoms with Crippen molar-refractivity contribution in [1.82, 2.24) is 9.80 Å². The largest absolute Gasteiger partial charge is 0.497 e. The van der Waals surface area contributed by atoms with E-state index in [4.69, 9.17) is 9.47 Å². The Morgan fingerprint density at radius 3 is 2.34 bits per heavy atom. The molecule has 2 amide bonds. The van der Waals surface area contributed by atoms with Crippen molar-refractivity contribution < 1.29 is 24.2 Å². The van der Waals surface area contributed by atoms with Crippen LogP contribution in [0.2, 0.25) is 0 Å². The molecule has 7 heteroatoms. The number of amides is 2. The molecule has 1 saturated heterocycles. The van der Waals surface area contributed by atoms with Gasteiger partial charge in [-0.2, -0.15) is 0 Å². The van der Waals surface area contributed by atoms with Crippen LogP contribution in [0.4, 0.5) is 0 Å². The number of carbonyl (C=O) groups excluding carboxylic acids is 2. The average molecular weight is 405 g/mol. The number of rotatable bonds is 5. The van der Waals surface area contributed by atoms with E-state index < -0.39 is 6.10 Å². The van der Waals surface area contributed by atoms with Crippen molar-refractivity contribution in [2.45, 2.75) is 44.6 Å². The highest BCUT2D eigenvalue weighted by molar-refractivity contribution is 5.97. The molecule has 0 spiro atoms. The zero-order chi connectivity index (χ0) is 20.8. The molecule has 1 N–H and O–H groups in total. The number of nitrogens with zero attached hydrogens (tertiary/aromatic N) is 2. The van der Waals surface area contributed by atoms with Gasteiger partial charge in [0.2, 0.25) is 0 Å². The molecule has 1 aromatic carbocycles. The Morgan fingerprint density at radius 1 is 0.966 bits per heavy atom. The maximum atomic E-state index is 13.0. The van der Waals surface area contributed by atoms with Crippen LogP contribution < -0.4 is 9.47 Å². The van der Waals surface area contributed by atoms with Gasteiger partial charge in [0.15, 0.2) is 0 Å². The topological polar surface area (TPSA) is 79.3 Å².